The summed E-state index contributed by atoms with van der Waals surface area (Å²) in [6.45, 7) is 5.04. The van der Waals surface area contributed by atoms with E-state index in [-0.39, 0.29) is 11.9 Å². The molecule has 0 spiro atoms. The van der Waals surface area contributed by atoms with E-state index >= 15 is 0 Å². The van der Waals surface area contributed by atoms with Crippen LogP contribution in [0.3, 0.4) is 0 Å². The minimum Gasteiger partial charge on any atom is -0.352 e. The van der Waals surface area contributed by atoms with Crippen molar-refractivity contribution in [2.24, 2.45) is 0 Å². The minimum absolute atomic E-state index is 0.0233. The summed E-state index contributed by atoms with van der Waals surface area (Å²) in [4.78, 5) is 8.27. The van der Waals surface area contributed by atoms with E-state index in [0.29, 0.717) is 23.4 Å². The van der Waals surface area contributed by atoms with Crippen molar-refractivity contribution in [3.63, 3.8) is 0 Å². The van der Waals surface area contributed by atoms with Gasteiger partial charge in [0.1, 0.15) is 0 Å². The first kappa shape index (κ1) is 15.2. The highest BCUT2D eigenvalue weighted by Gasteiger charge is 2.25. The van der Waals surface area contributed by atoms with Crippen molar-refractivity contribution in [2.75, 3.05) is 31.1 Å². The molecule has 1 aliphatic heterocycles. The minimum atomic E-state index is -0.307. The van der Waals surface area contributed by atoms with Crippen molar-refractivity contribution < 1.29 is 4.39 Å². The molecule has 4 nitrogen and oxygen atoms in total. The number of aromatic nitrogens is 1. The van der Waals surface area contributed by atoms with Crippen LogP contribution in [0.2, 0.25) is 0 Å². The van der Waals surface area contributed by atoms with E-state index in [4.69, 9.17) is 0 Å². The highest BCUT2D eigenvalue weighted by atomic mass is 79.9. The van der Waals surface area contributed by atoms with Crippen LogP contribution >= 0.6 is 15.9 Å². The fourth-order valence-corrected chi connectivity index (χ4v) is 2.79. The van der Waals surface area contributed by atoms with Crippen LogP contribution in [0, 0.1) is 17.1 Å². The van der Waals surface area contributed by atoms with Gasteiger partial charge in [0.25, 0.3) is 0 Å². The molecule has 0 saturated carbocycles. The molecule has 0 aliphatic carbocycles. The van der Waals surface area contributed by atoms with Gasteiger partial charge in [-0.05, 0) is 28.4 Å². The topological polar surface area (TPSA) is 43.2 Å². The van der Waals surface area contributed by atoms with Crippen LogP contribution in [-0.4, -0.2) is 42.1 Å². The molecule has 1 aromatic rings. The fraction of sp³-hybridized carbons (Fsp3) is 0.571. The van der Waals surface area contributed by atoms with Crippen LogP contribution in [0.1, 0.15) is 19.8 Å². The van der Waals surface area contributed by atoms with Crippen LogP contribution in [0.25, 0.3) is 0 Å². The van der Waals surface area contributed by atoms with Gasteiger partial charge in [-0.25, -0.2) is 9.37 Å². The number of hydrogen-bond donors (Lipinski definition) is 0. The molecule has 6 heteroatoms. The molecule has 0 amide bonds. The third kappa shape index (κ3) is 3.47. The Morgan fingerprint density at radius 3 is 2.70 bits per heavy atom. The van der Waals surface area contributed by atoms with Gasteiger partial charge in [0.05, 0.1) is 12.1 Å². The summed E-state index contributed by atoms with van der Waals surface area (Å²) in [6, 6.07) is 3.77. The number of nitrogens with zero attached hydrogens (tertiary/aromatic N) is 4. The van der Waals surface area contributed by atoms with Crippen molar-refractivity contribution in [2.45, 2.75) is 25.8 Å². The number of nitriles is 1. The maximum Gasteiger partial charge on any atom is 0.166 e. The van der Waals surface area contributed by atoms with Gasteiger partial charge in [-0.3, -0.25) is 4.90 Å². The predicted molar refractivity (Wildman–Crippen MR) is 80.0 cm³/mol. The molecule has 1 atom stereocenters. The highest BCUT2D eigenvalue weighted by Crippen LogP contribution is 2.22. The molecule has 1 saturated heterocycles. The number of hydrogen-bond acceptors (Lipinski definition) is 4. The fourth-order valence-electron chi connectivity index (χ4n) is 2.49. The van der Waals surface area contributed by atoms with E-state index in [1.807, 2.05) is 4.90 Å². The molecule has 0 N–H and O–H groups in total. The third-order valence-corrected chi connectivity index (χ3v) is 3.99. The Morgan fingerprint density at radius 1 is 1.45 bits per heavy atom. The predicted octanol–water partition coefficient (Wildman–Crippen LogP) is 2.80. The van der Waals surface area contributed by atoms with E-state index in [1.165, 1.54) is 6.07 Å². The number of pyridine rings is 1. The van der Waals surface area contributed by atoms with Gasteiger partial charge in [0.15, 0.2) is 11.6 Å². The largest absolute Gasteiger partial charge is 0.352 e. The van der Waals surface area contributed by atoms with Crippen LogP contribution in [0.4, 0.5) is 10.2 Å². The molecule has 1 aromatic heterocycles. The van der Waals surface area contributed by atoms with E-state index < -0.39 is 0 Å². The zero-order chi connectivity index (χ0) is 14.5. The normalized spacial score (nSPS) is 17.8. The number of halogens is 2. The lowest BCUT2D eigenvalue weighted by Gasteiger charge is -2.37. The first-order chi connectivity index (χ1) is 9.65. The zero-order valence-corrected chi connectivity index (χ0v) is 13.1. The first-order valence-corrected chi connectivity index (χ1v) is 7.64. The second-order valence-corrected chi connectivity index (χ2v) is 5.83. The molecule has 2 rings (SSSR count). The summed E-state index contributed by atoms with van der Waals surface area (Å²) in [5.74, 6) is 0.0927. The summed E-state index contributed by atoms with van der Waals surface area (Å²) < 4.78 is 14.5. The Hall–Kier alpha value is -1.19. The van der Waals surface area contributed by atoms with Crippen molar-refractivity contribution in [1.29, 1.82) is 5.26 Å². The highest BCUT2D eigenvalue weighted by molar-refractivity contribution is 9.10. The first-order valence-electron chi connectivity index (χ1n) is 6.85. The Morgan fingerprint density at radius 2 is 2.15 bits per heavy atom. The van der Waals surface area contributed by atoms with Gasteiger partial charge in [-0.1, -0.05) is 13.3 Å². The third-order valence-electron chi connectivity index (χ3n) is 3.55. The van der Waals surface area contributed by atoms with E-state index in [1.54, 1.807) is 6.20 Å². The van der Waals surface area contributed by atoms with Gasteiger partial charge in [0.2, 0.25) is 0 Å². The van der Waals surface area contributed by atoms with Crippen molar-refractivity contribution >= 4 is 21.7 Å². The lowest BCUT2D eigenvalue weighted by Crippen LogP contribution is -2.50. The molecule has 0 bridgehead atoms. The average Bonchev–Trinajstić information content (AvgIpc) is 2.45. The summed E-state index contributed by atoms with van der Waals surface area (Å²) >= 11 is 3.21. The maximum absolute atomic E-state index is 13.9. The van der Waals surface area contributed by atoms with Gasteiger partial charge in [0, 0.05) is 36.8 Å². The quantitative estimate of drug-likeness (QED) is 0.845. The second-order valence-electron chi connectivity index (χ2n) is 4.92. The van der Waals surface area contributed by atoms with Crippen molar-refractivity contribution in [3.8, 4) is 6.07 Å². The number of piperazine rings is 1. The Balaban J connectivity index is 1.99. The monoisotopic (exact) mass is 340 g/mol. The molecule has 20 heavy (non-hydrogen) atoms. The Kier molecular flexibility index (Phi) is 5.32. The van der Waals surface area contributed by atoms with E-state index in [2.05, 4.69) is 38.8 Å². The molecule has 108 valence electrons. The zero-order valence-electron chi connectivity index (χ0n) is 11.5. The van der Waals surface area contributed by atoms with Crippen LogP contribution in [0.5, 0.6) is 0 Å². The SMILES string of the molecule is CCCC(C#N)N1CCN(c2ncc(Br)cc2F)CC1. The number of rotatable bonds is 4. The van der Waals surface area contributed by atoms with Crippen molar-refractivity contribution in [3.05, 3.63) is 22.6 Å². The molecule has 0 aromatic carbocycles. The standard InChI is InChI=1S/C14H18BrFN4/c1-2-3-12(9-17)19-4-6-20(7-5-19)14-13(16)8-11(15)10-18-14/h8,10,12H,2-7H2,1H3. The molecule has 0 radical (unpaired) electrons. The summed E-state index contributed by atoms with van der Waals surface area (Å²) in [5.41, 5.74) is 0. The molecule has 2 heterocycles. The van der Waals surface area contributed by atoms with E-state index in [9.17, 15) is 9.65 Å². The van der Waals surface area contributed by atoms with E-state index in [0.717, 1.165) is 25.9 Å². The lowest BCUT2D eigenvalue weighted by molar-refractivity contribution is 0.210. The Bertz CT molecular complexity index is 494. The lowest BCUT2D eigenvalue weighted by atomic mass is 10.1. The summed E-state index contributed by atoms with van der Waals surface area (Å²) in [7, 11) is 0. The van der Waals surface area contributed by atoms with Crippen LogP contribution in [-0.2, 0) is 0 Å². The van der Waals surface area contributed by atoms with Gasteiger partial charge in [-0.2, -0.15) is 5.26 Å². The summed E-state index contributed by atoms with van der Waals surface area (Å²) in [5, 5.41) is 9.18. The van der Waals surface area contributed by atoms with Gasteiger partial charge in [-0.15, -0.1) is 0 Å². The number of anilines is 1. The Labute approximate surface area is 127 Å². The smallest absolute Gasteiger partial charge is 0.166 e. The van der Waals surface area contributed by atoms with Crippen LogP contribution < -0.4 is 4.90 Å². The molecule has 1 fully saturated rings. The van der Waals surface area contributed by atoms with Crippen LogP contribution in [0.15, 0.2) is 16.7 Å². The van der Waals surface area contributed by atoms with Gasteiger partial charge < -0.3 is 4.90 Å². The molecule has 1 unspecified atom stereocenters. The molecule has 1 aliphatic rings. The molecular formula is C14H18BrFN4. The van der Waals surface area contributed by atoms with Crippen molar-refractivity contribution in [1.82, 2.24) is 9.88 Å². The summed E-state index contributed by atoms with van der Waals surface area (Å²) in [6.07, 6.45) is 3.50. The van der Waals surface area contributed by atoms with Gasteiger partial charge >= 0.3 is 0 Å². The average molecular weight is 341 g/mol. The second kappa shape index (κ2) is 7.00. The molecular weight excluding hydrogens is 323 g/mol. The maximum atomic E-state index is 13.9.